The molecule has 0 saturated heterocycles. The molecule has 4 nitrogen and oxygen atoms in total. The molecule has 0 atom stereocenters. The summed E-state index contributed by atoms with van der Waals surface area (Å²) in [4.78, 5) is 5.58. The van der Waals surface area contributed by atoms with E-state index in [2.05, 4.69) is 4.84 Å². The van der Waals surface area contributed by atoms with E-state index < -0.39 is 22.8 Å². The van der Waals surface area contributed by atoms with E-state index in [0.717, 1.165) is 16.7 Å². The average Bonchev–Trinajstić information content (AvgIpc) is 2.32. The number of hydrogen-bond acceptors (Lipinski definition) is 3. The molecule has 0 aliphatic rings. The second-order valence-corrected chi connectivity index (χ2v) is 6.53. The fourth-order valence-corrected chi connectivity index (χ4v) is 3.51. The Labute approximate surface area is 122 Å². The van der Waals surface area contributed by atoms with Gasteiger partial charge in [-0.05, 0) is 62.4 Å². The third kappa shape index (κ3) is 3.96. The average molecular weight is 325 g/mol. The van der Waals surface area contributed by atoms with Crippen molar-refractivity contribution in [2.45, 2.75) is 45.7 Å². The molecule has 0 radical (unpaired) electrons. The van der Waals surface area contributed by atoms with Crippen molar-refractivity contribution in [3.05, 3.63) is 27.8 Å². The minimum absolute atomic E-state index is 0.0368. The van der Waals surface area contributed by atoms with Gasteiger partial charge in [0.05, 0.1) is 4.90 Å². The Morgan fingerprint density at radius 1 is 0.905 bits per heavy atom. The van der Waals surface area contributed by atoms with Crippen molar-refractivity contribution < 1.29 is 26.4 Å². The number of hydrogen-bond donors (Lipinski definition) is 1. The lowest BCUT2D eigenvalue weighted by atomic mass is 9.95. The largest absolute Gasteiger partial charge is 0.413 e. The van der Waals surface area contributed by atoms with Crippen LogP contribution in [0.25, 0.3) is 0 Å². The first kappa shape index (κ1) is 17.9. The molecule has 0 unspecified atom stereocenters. The van der Waals surface area contributed by atoms with Crippen LogP contribution in [0.15, 0.2) is 4.90 Å². The Hall–Kier alpha value is -1.12. The SMILES string of the molecule is Cc1c(C)c(C)c(S(=O)(=O)NOCC(F)(F)F)c(C)c1C. The summed E-state index contributed by atoms with van der Waals surface area (Å²) in [6.07, 6.45) is -4.61. The van der Waals surface area contributed by atoms with Crippen molar-refractivity contribution in [2.24, 2.45) is 0 Å². The molecule has 1 N–H and O–H groups in total. The summed E-state index contributed by atoms with van der Waals surface area (Å²) < 4.78 is 60.4. The highest BCUT2D eigenvalue weighted by atomic mass is 32.2. The summed E-state index contributed by atoms with van der Waals surface area (Å²) in [5.41, 5.74) is 3.53. The predicted octanol–water partition coefficient (Wildman–Crippen LogP) is 3.00. The quantitative estimate of drug-likeness (QED) is 0.866. The van der Waals surface area contributed by atoms with Gasteiger partial charge in [0.2, 0.25) is 0 Å². The lowest BCUT2D eigenvalue weighted by Gasteiger charge is -2.19. The van der Waals surface area contributed by atoms with Gasteiger partial charge >= 0.3 is 6.18 Å². The Balaban J connectivity index is 3.21. The van der Waals surface area contributed by atoms with Gasteiger partial charge in [0.25, 0.3) is 10.0 Å². The van der Waals surface area contributed by atoms with Crippen LogP contribution in [0.4, 0.5) is 13.2 Å². The van der Waals surface area contributed by atoms with E-state index in [1.807, 2.05) is 6.92 Å². The number of sulfonamides is 1. The molecule has 0 bridgehead atoms. The summed E-state index contributed by atoms with van der Waals surface area (Å²) in [5.74, 6) is 0. The van der Waals surface area contributed by atoms with Crippen molar-refractivity contribution in [1.29, 1.82) is 0 Å². The van der Waals surface area contributed by atoms with Gasteiger partial charge < -0.3 is 0 Å². The van der Waals surface area contributed by atoms with Crippen molar-refractivity contribution in [2.75, 3.05) is 6.61 Å². The second kappa shape index (κ2) is 5.94. The van der Waals surface area contributed by atoms with E-state index in [0.29, 0.717) is 11.1 Å². The third-order valence-corrected chi connectivity index (χ3v) is 5.09. The van der Waals surface area contributed by atoms with E-state index in [4.69, 9.17) is 0 Å². The van der Waals surface area contributed by atoms with Crippen molar-refractivity contribution in [3.8, 4) is 0 Å². The van der Waals surface area contributed by atoms with Crippen molar-refractivity contribution in [1.82, 2.24) is 4.89 Å². The molecule has 0 fully saturated rings. The lowest BCUT2D eigenvalue weighted by molar-refractivity contribution is -0.181. The number of rotatable bonds is 4. The lowest BCUT2D eigenvalue weighted by Crippen LogP contribution is -2.30. The molecule has 8 heteroatoms. The van der Waals surface area contributed by atoms with Crippen LogP contribution in [0, 0.1) is 34.6 Å². The van der Waals surface area contributed by atoms with Gasteiger partial charge in [0.1, 0.15) is 0 Å². The van der Waals surface area contributed by atoms with Crippen LogP contribution in [0.1, 0.15) is 27.8 Å². The maximum absolute atomic E-state index is 12.2. The maximum Gasteiger partial charge on any atom is 0.413 e. The van der Waals surface area contributed by atoms with Crippen molar-refractivity contribution in [3.63, 3.8) is 0 Å². The highest BCUT2D eigenvalue weighted by molar-refractivity contribution is 7.89. The van der Waals surface area contributed by atoms with Gasteiger partial charge in [-0.1, -0.05) is 4.89 Å². The van der Waals surface area contributed by atoms with Gasteiger partial charge in [-0.3, -0.25) is 4.84 Å². The molecule has 0 aliphatic carbocycles. The molecule has 21 heavy (non-hydrogen) atoms. The van der Waals surface area contributed by atoms with E-state index in [1.165, 1.54) is 4.89 Å². The zero-order valence-corrected chi connectivity index (χ0v) is 13.3. The Morgan fingerprint density at radius 2 is 1.29 bits per heavy atom. The first-order valence-electron chi connectivity index (χ1n) is 6.15. The normalized spacial score (nSPS) is 12.8. The number of alkyl halides is 3. The van der Waals surface area contributed by atoms with E-state index in [-0.39, 0.29) is 4.90 Å². The summed E-state index contributed by atoms with van der Waals surface area (Å²) in [5, 5.41) is 0. The van der Waals surface area contributed by atoms with Gasteiger partial charge in [0, 0.05) is 0 Å². The molecule has 120 valence electrons. The van der Waals surface area contributed by atoms with Crippen LogP contribution in [0.5, 0.6) is 0 Å². The van der Waals surface area contributed by atoms with Crippen LogP contribution in [0.2, 0.25) is 0 Å². The fraction of sp³-hybridized carbons (Fsp3) is 0.538. The molecule has 1 aromatic carbocycles. The minimum atomic E-state index is -4.61. The molecular weight excluding hydrogens is 307 g/mol. The molecule has 0 spiro atoms. The van der Waals surface area contributed by atoms with E-state index >= 15 is 0 Å². The van der Waals surface area contributed by atoms with E-state index in [1.54, 1.807) is 27.7 Å². The van der Waals surface area contributed by atoms with Crippen LogP contribution in [-0.2, 0) is 14.9 Å². The van der Waals surface area contributed by atoms with Crippen LogP contribution in [-0.4, -0.2) is 21.2 Å². The van der Waals surface area contributed by atoms with Gasteiger partial charge in [-0.15, -0.1) is 0 Å². The Kier molecular flexibility index (Phi) is 5.07. The zero-order chi connectivity index (χ0) is 16.6. The van der Waals surface area contributed by atoms with Crippen LogP contribution >= 0.6 is 0 Å². The van der Waals surface area contributed by atoms with Crippen LogP contribution < -0.4 is 4.89 Å². The molecule has 1 aromatic rings. The summed E-state index contributed by atoms with van der Waals surface area (Å²) in [7, 11) is -4.18. The fourth-order valence-electron chi connectivity index (χ4n) is 2.10. The summed E-state index contributed by atoms with van der Waals surface area (Å²) >= 11 is 0. The van der Waals surface area contributed by atoms with Gasteiger partial charge in [0.15, 0.2) is 6.61 Å². The van der Waals surface area contributed by atoms with Gasteiger partial charge in [-0.25, -0.2) is 8.42 Å². The molecule has 0 heterocycles. The molecule has 0 aliphatic heterocycles. The molecular formula is C13H18F3NO3S. The third-order valence-electron chi connectivity index (χ3n) is 3.60. The topological polar surface area (TPSA) is 55.4 Å². The zero-order valence-electron chi connectivity index (χ0n) is 12.5. The smallest absolute Gasteiger partial charge is 0.277 e. The number of nitrogens with one attached hydrogen (secondary N) is 1. The Bertz CT molecular complexity index is 623. The first-order chi connectivity index (χ1) is 9.38. The predicted molar refractivity (Wildman–Crippen MR) is 72.5 cm³/mol. The van der Waals surface area contributed by atoms with Crippen molar-refractivity contribution >= 4 is 10.0 Å². The van der Waals surface area contributed by atoms with Gasteiger partial charge in [-0.2, -0.15) is 13.2 Å². The minimum Gasteiger partial charge on any atom is -0.277 e. The summed E-state index contributed by atoms with van der Waals surface area (Å²) in [6, 6.07) is 0. The molecule has 0 saturated carbocycles. The highest BCUT2D eigenvalue weighted by Crippen LogP contribution is 2.29. The maximum atomic E-state index is 12.2. The second-order valence-electron chi connectivity index (χ2n) is 4.94. The number of benzene rings is 1. The monoisotopic (exact) mass is 325 g/mol. The first-order valence-corrected chi connectivity index (χ1v) is 7.64. The summed E-state index contributed by atoms with van der Waals surface area (Å²) in [6.45, 7) is 6.96. The standard InChI is InChI=1S/C13H18F3NO3S/c1-7-8(2)10(4)12(11(5)9(7)3)21(18,19)17-20-6-13(14,15)16/h17H,6H2,1-5H3. The van der Waals surface area contributed by atoms with Crippen LogP contribution in [0.3, 0.4) is 0 Å². The number of halogens is 3. The molecule has 0 aromatic heterocycles. The Morgan fingerprint density at radius 3 is 1.67 bits per heavy atom. The molecule has 0 amide bonds. The molecule has 1 rings (SSSR count). The highest BCUT2D eigenvalue weighted by Gasteiger charge is 2.30. The van der Waals surface area contributed by atoms with E-state index in [9.17, 15) is 21.6 Å².